The minimum Gasteiger partial charge on any atom is -0.515 e. The molecular formula is C6H7BrP-. The molecule has 0 aliphatic rings. The highest BCUT2D eigenvalue weighted by molar-refractivity contribution is 9.11. The monoisotopic (exact) mass is 189 g/mol. The minimum atomic E-state index is 1.31. The van der Waals surface area contributed by atoms with Gasteiger partial charge in [-0.15, -0.1) is 4.20 Å². The lowest BCUT2D eigenvalue weighted by Gasteiger charge is -1.94. The molecule has 2 heteroatoms. The smallest absolute Gasteiger partial charge is 0.0411 e. The van der Waals surface area contributed by atoms with Crippen molar-refractivity contribution in [1.82, 2.24) is 0 Å². The van der Waals surface area contributed by atoms with Crippen LogP contribution in [0.1, 0.15) is 11.1 Å². The van der Waals surface area contributed by atoms with E-state index in [-0.39, 0.29) is 0 Å². The summed E-state index contributed by atoms with van der Waals surface area (Å²) in [4.78, 5) is 0. The van der Waals surface area contributed by atoms with E-state index in [4.69, 9.17) is 0 Å². The average molecular weight is 190 g/mol. The summed E-state index contributed by atoms with van der Waals surface area (Å²) in [6.07, 6.45) is 0. The first-order chi connectivity index (χ1) is 3.72. The van der Waals surface area contributed by atoms with Gasteiger partial charge in [0.15, 0.2) is 0 Å². The molecule has 0 N–H and O–H groups in total. The summed E-state index contributed by atoms with van der Waals surface area (Å²) in [5.74, 6) is 2.21. The molecular weight excluding hydrogens is 183 g/mol. The van der Waals surface area contributed by atoms with Crippen LogP contribution in [0.4, 0.5) is 0 Å². The largest absolute Gasteiger partial charge is 0.515 e. The van der Waals surface area contributed by atoms with Gasteiger partial charge in [0.05, 0.1) is 0 Å². The maximum absolute atomic E-state index is 3.46. The second-order valence-corrected chi connectivity index (χ2v) is 4.23. The van der Waals surface area contributed by atoms with Gasteiger partial charge >= 0.3 is 0 Å². The van der Waals surface area contributed by atoms with E-state index in [1.54, 1.807) is 0 Å². The van der Waals surface area contributed by atoms with E-state index in [0.29, 0.717) is 0 Å². The van der Waals surface area contributed by atoms with Crippen molar-refractivity contribution in [2.24, 2.45) is 0 Å². The molecule has 0 fully saturated rings. The molecule has 0 saturated carbocycles. The molecule has 1 aromatic heterocycles. The molecule has 0 aliphatic carbocycles. The molecule has 1 aromatic rings. The molecule has 0 spiro atoms. The van der Waals surface area contributed by atoms with Gasteiger partial charge in [-0.2, -0.15) is 0 Å². The first kappa shape index (κ1) is 6.38. The van der Waals surface area contributed by atoms with E-state index in [1.165, 1.54) is 23.5 Å². The SMILES string of the molecule is Cc1c[p-]c(Br)c1C. The molecule has 8 heavy (non-hydrogen) atoms. The summed E-state index contributed by atoms with van der Waals surface area (Å²) in [6, 6.07) is 0. The van der Waals surface area contributed by atoms with Gasteiger partial charge in [-0.3, -0.25) is 0 Å². The van der Waals surface area contributed by atoms with Crippen molar-refractivity contribution in [3.63, 3.8) is 0 Å². The predicted molar refractivity (Wildman–Crippen MR) is 41.7 cm³/mol. The molecule has 1 rings (SSSR count). The average Bonchev–Trinajstić information content (AvgIpc) is 1.98. The van der Waals surface area contributed by atoms with Gasteiger partial charge in [0, 0.05) is 0 Å². The van der Waals surface area contributed by atoms with Gasteiger partial charge in [0.1, 0.15) is 0 Å². The van der Waals surface area contributed by atoms with Crippen LogP contribution < -0.4 is 0 Å². The van der Waals surface area contributed by atoms with Crippen LogP contribution in [-0.4, -0.2) is 0 Å². The fourth-order valence-electron chi connectivity index (χ4n) is 0.510. The van der Waals surface area contributed by atoms with Gasteiger partial charge in [0.2, 0.25) is 0 Å². The van der Waals surface area contributed by atoms with E-state index in [9.17, 15) is 0 Å². The Kier molecular flexibility index (Phi) is 1.79. The second-order valence-electron chi connectivity index (χ2n) is 1.86. The van der Waals surface area contributed by atoms with Crippen molar-refractivity contribution >= 4 is 24.1 Å². The highest BCUT2D eigenvalue weighted by Gasteiger charge is 1.86. The van der Waals surface area contributed by atoms with E-state index in [0.717, 1.165) is 0 Å². The summed E-state index contributed by atoms with van der Waals surface area (Å²) >= 11 is 3.46. The Morgan fingerprint density at radius 3 is 2.25 bits per heavy atom. The molecule has 0 atom stereocenters. The summed E-state index contributed by atoms with van der Waals surface area (Å²) in [7, 11) is 1.31. The van der Waals surface area contributed by atoms with Crippen LogP contribution in [0.3, 0.4) is 0 Å². The maximum Gasteiger partial charge on any atom is -0.0411 e. The zero-order valence-electron chi connectivity index (χ0n) is 4.90. The van der Waals surface area contributed by atoms with E-state index < -0.39 is 0 Å². The fourth-order valence-corrected chi connectivity index (χ4v) is 2.00. The fraction of sp³-hybridized carbons (Fsp3) is 0.333. The van der Waals surface area contributed by atoms with Crippen LogP contribution in [0.15, 0.2) is 10.0 Å². The molecule has 0 aromatic carbocycles. The van der Waals surface area contributed by atoms with Crippen molar-refractivity contribution < 1.29 is 0 Å². The summed E-state index contributed by atoms with van der Waals surface area (Å²) in [5.41, 5.74) is 2.80. The molecule has 0 aliphatic heterocycles. The van der Waals surface area contributed by atoms with Crippen molar-refractivity contribution in [1.29, 1.82) is 0 Å². The summed E-state index contributed by atoms with van der Waals surface area (Å²) in [6.45, 7) is 4.27. The Morgan fingerprint density at radius 2 is 2.12 bits per heavy atom. The third-order valence-corrected chi connectivity index (χ3v) is 3.56. The number of rotatable bonds is 0. The first-order valence-electron chi connectivity index (χ1n) is 2.46. The standard InChI is InChI=1S/C6H7BrP/c1-4-3-8-6(7)5(4)2/h3H,1-2H3/q-1. The Hall–Kier alpha value is 0.260. The highest BCUT2D eigenvalue weighted by Crippen LogP contribution is 2.30. The van der Waals surface area contributed by atoms with Crippen molar-refractivity contribution in [2.75, 3.05) is 0 Å². The van der Waals surface area contributed by atoms with Crippen molar-refractivity contribution in [3.05, 3.63) is 21.1 Å². The van der Waals surface area contributed by atoms with Gasteiger partial charge in [-0.05, 0) is 13.8 Å². The van der Waals surface area contributed by atoms with E-state index in [2.05, 4.69) is 35.6 Å². The Morgan fingerprint density at radius 1 is 1.50 bits per heavy atom. The molecule has 0 radical (unpaired) electrons. The Balaban J connectivity index is 3.19. The van der Waals surface area contributed by atoms with Crippen molar-refractivity contribution in [3.8, 4) is 0 Å². The number of hydrogen-bond acceptors (Lipinski definition) is 0. The van der Waals surface area contributed by atoms with Gasteiger partial charge in [0.25, 0.3) is 0 Å². The Labute approximate surface area is 59.5 Å². The van der Waals surface area contributed by atoms with Crippen LogP contribution in [0, 0.1) is 13.8 Å². The lowest BCUT2D eigenvalue weighted by atomic mass is 10.2. The van der Waals surface area contributed by atoms with Crippen LogP contribution in [0.25, 0.3) is 0 Å². The molecule has 0 amide bonds. The number of aryl methyl sites for hydroxylation is 1. The number of hydrogen-bond donors (Lipinski definition) is 0. The van der Waals surface area contributed by atoms with Crippen LogP contribution >= 0.6 is 24.1 Å². The summed E-state index contributed by atoms with van der Waals surface area (Å²) < 4.78 is 1.31. The second kappa shape index (κ2) is 2.24. The van der Waals surface area contributed by atoms with E-state index in [1.807, 2.05) is 0 Å². The third-order valence-electron chi connectivity index (χ3n) is 1.27. The van der Waals surface area contributed by atoms with Crippen molar-refractivity contribution in [2.45, 2.75) is 13.8 Å². The normalized spacial score (nSPS) is 10.9. The molecule has 0 unspecified atom stereocenters. The topological polar surface area (TPSA) is 0 Å². The van der Waals surface area contributed by atoms with Crippen LogP contribution in [-0.2, 0) is 0 Å². The molecule has 0 bridgehead atoms. The third kappa shape index (κ3) is 0.985. The molecule has 44 valence electrons. The summed E-state index contributed by atoms with van der Waals surface area (Å²) in [5, 5.41) is 0. The lowest BCUT2D eigenvalue weighted by molar-refractivity contribution is 1.39. The minimum absolute atomic E-state index is 1.31. The molecule has 0 nitrogen and oxygen atoms in total. The van der Waals surface area contributed by atoms with Gasteiger partial charge in [-0.1, -0.05) is 27.1 Å². The zero-order valence-corrected chi connectivity index (χ0v) is 7.38. The maximum atomic E-state index is 3.46. The lowest BCUT2D eigenvalue weighted by Crippen LogP contribution is -1.67. The zero-order chi connectivity index (χ0) is 6.15. The molecule has 0 saturated heterocycles. The molecule has 1 heterocycles. The predicted octanol–water partition coefficient (Wildman–Crippen LogP) is 3.36. The first-order valence-corrected chi connectivity index (χ1v) is 4.22. The quantitative estimate of drug-likeness (QED) is 0.588. The van der Waals surface area contributed by atoms with E-state index >= 15 is 0 Å². The highest BCUT2D eigenvalue weighted by atomic mass is 79.9. The van der Waals surface area contributed by atoms with Gasteiger partial charge in [-0.25, -0.2) is 5.80 Å². The van der Waals surface area contributed by atoms with Crippen LogP contribution in [0.5, 0.6) is 0 Å². The van der Waals surface area contributed by atoms with Gasteiger partial charge < -0.3 is 8.19 Å². The Bertz CT molecular complexity index is 171. The van der Waals surface area contributed by atoms with Crippen LogP contribution in [0.2, 0.25) is 0 Å². The number of halogens is 1.